The number of nitriles is 1. The number of benzene rings is 1. The molecule has 0 aromatic heterocycles. The largest absolute Gasteiger partial charge is 0.451 e. The highest BCUT2D eigenvalue weighted by Gasteiger charge is 2.30. The maximum Gasteiger partial charge on any atom is 0.451 e. The number of alkyl halides is 3. The molecule has 0 radical (unpaired) electrons. The van der Waals surface area contributed by atoms with Gasteiger partial charge in [0.15, 0.2) is 0 Å². The Morgan fingerprint density at radius 3 is 2.47 bits per heavy atom. The lowest BCUT2D eigenvalue weighted by Crippen LogP contribution is -2.49. The molecule has 0 aliphatic heterocycles. The summed E-state index contributed by atoms with van der Waals surface area (Å²) >= 11 is 0. The summed E-state index contributed by atoms with van der Waals surface area (Å²) in [5, 5.41) is 32.1. The van der Waals surface area contributed by atoms with E-state index in [9.17, 15) is 28.0 Å². The van der Waals surface area contributed by atoms with Crippen molar-refractivity contribution < 1.29 is 32.8 Å². The quantitative estimate of drug-likeness (QED) is 0.184. The molecule has 4 N–H and O–H groups in total. The zero-order valence-electron chi connectivity index (χ0n) is 21.0. The van der Waals surface area contributed by atoms with Crippen molar-refractivity contribution in [3.63, 3.8) is 0 Å². The molecule has 0 fully saturated rings. The van der Waals surface area contributed by atoms with Crippen LogP contribution >= 0.6 is 0 Å². The Kier molecular flexibility index (Phi) is 12.7. The molecule has 0 bridgehead atoms. The van der Waals surface area contributed by atoms with Crippen molar-refractivity contribution >= 4 is 24.6 Å². The molecular formula is C24H34BF3N4O4. The first kappa shape index (κ1) is 31.2. The van der Waals surface area contributed by atoms with Crippen LogP contribution in [0.4, 0.5) is 18.9 Å². The van der Waals surface area contributed by atoms with Crippen LogP contribution in [-0.2, 0) is 16.0 Å². The van der Waals surface area contributed by atoms with Crippen LogP contribution in [0.25, 0.3) is 0 Å². The number of amides is 2. The van der Waals surface area contributed by atoms with Crippen molar-refractivity contribution in [2.75, 3.05) is 25.0 Å². The number of hydrogen-bond acceptors (Lipinski definition) is 6. The average Bonchev–Trinajstić information content (AvgIpc) is 2.80. The molecule has 0 saturated carbocycles. The fraction of sp³-hybridized carbons (Fsp3) is 0.542. The lowest BCUT2D eigenvalue weighted by atomic mass is 9.81. The maximum atomic E-state index is 12.8. The summed E-state index contributed by atoms with van der Waals surface area (Å²) in [5.74, 6) is -1.28. The average molecular weight is 510 g/mol. The molecular weight excluding hydrogens is 476 g/mol. The topological polar surface area (TPSA) is 126 Å². The second kappa shape index (κ2) is 14.6. The van der Waals surface area contributed by atoms with E-state index >= 15 is 0 Å². The third-order valence-electron chi connectivity index (χ3n) is 5.30. The van der Waals surface area contributed by atoms with Gasteiger partial charge in [-0.2, -0.15) is 18.4 Å². The Hall–Kier alpha value is -2.88. The molecule has 0 aliphatic rings. The minimum absolute atomic E-state index is 0.0151. The summed E-state index contributed by atoms with van der Waals surface area (Å²) in [4.78, 5) is 26.7. The van der Waals surface area contributed by atoms with Gasteiger partial charge in [0.25, 0.3) is 5.91 Å². The summed E-state index contributed by atoms with van der Waals surface area (Å²) in [6, 6.07) is 7.16. The highest BCUT2D eigenvalue weighted by Crippen LogP contribution is 2.20. The van der Waals surface area contributed by atoms with E-state index in [1.807, 2.05) is 19.9 Å². The summed E-state index contributed by atoms with van der Waals surface area (Å²) in [6.45, 7) is 4.25. The van der Waals surface area contributed by atoms with Crippen LogP contribution in [-0.4, -0.2) is 61.3 Å². The van der Waals surface area contributed by atoms with Crippen LogP contribution in [0.1, 0.15) is 32.8 Å². The second-order valence-electron chi connectivity index (χ2n) is 9.13. The molecule has 0 spiro atoms. The number of nitrogens with zero attached hydrogens (tertiary/aromatic N) is 2. The number of carbonyl (C=O) groups excluding carboxylic acids is 2. The fourth-order valence-corrected chi connectivity index (χ4v) is 3.35. The van der Waals surface area contributed by atoms with Gasteiger partial charge in [0.05, 0.1) is 12.6 Å². The van der Waals surface area contributed by atoms with E-state index in [1.54, 1.807) is 37.3 Å². The Labute approximate surface area is 210 Å². The summed E-state index contributed by atoms with van der Waals surface area (Å²) in [7, 11) is 0.0239. The van der Waals surface area contributed by atoms with Gasteiger partial charge in [0.1, 0.15) is 11.6 Å². The van der Waals surface area contributed by atoms with Gasteiger partial charge >= 0.3 is 13.3 Å². The number of halogens is 3. The third-order valence-corrected chi connectivity index (χ3v) is 5.30. The van der Waals surface area contributed by atoms with Crippen LogP contribution in [0, 0.1) is 23.2 Å². The number of anilines is 1. The van der Waals surface area contributed by atoms with E-state index in [0.717, 1.165) is 0 Å². The molecule has 1 aromatic rings. The van der Waals surface area contributed by atoms with Gasteiger partial charge in [-0.1, -0.05) is 45.4 Å². The van der Waals surface area contributed by atoms with Gasteiger partial charge < -0.3 is 20.3 Å². The second-order valence-corrected chi connectivity index (χ2v) is 9.13. The van der Waals surface area contributed by atoms with E-state index in [0.29, 0.717) is 17.7 Å². The Morgan fingerprint density at radius 1 is 1.25 bits per heavy atom. The lowest BCUT2D eigenvalue weighted by Gasteiger charge is -2.22. The number of allylic oxidation sites excluding steroid dienone is 1. The molecule has 1 aromatic carbocycles. The van der Waals surface area contributed by atoms with Gasteiger partial charge in [-0.25, -0.2) is 0 Å². The first-order valence-corrected chi connectivity index (χ1v) is 11.7. The zero-order chi connectivity index (χ0) is 27.5. The van der Waals surface area contributed by atoms with E-state index in [4.69, 9.17) is 10.0 Å². The van der Waals surface area contributed by atoms with Crippen molar-refractivity contribution in [1.82, 2.24) is 10.6 Å². The van der Waals surface area contributed by atoms with Crippen LogP contribution in [0.3, 0.4) is 0 Å². The molecule has 0 heterocycles. The Morgan fingerprint density at radius 2 is 1.92 bits per heavy atom. The van der Waals surface area contributed by atoms with E-state index < -0.39 is 37.7 Å². The molecule has 0 saturated heterocycles. The third kappa shape index (κ3) is 11.7. The predicted octanol–water partition coefficient (Wildman–Crippen LogP) is 2.43. The molecule has 0 unspecified atom stereocenters. The molecule has 2 atom stereocenters. The summed E-state index contributed by atoms with van der Waals surface area (Å²) in [5.41, 5.74) is 0.920. The Balaban J connectivity index is 3.01. The minimum atomic E-state index is -4.52. The van der Waals surface area contributed by atoms with Crippen LogP contribution in [0.15, 0.2) is 35.9 Å². The number of carbonyl (C=O) groups is 2. The van der Waals surface area contributed by atoms with E-state index in [2.05, 4.69) is 10.6 Å². The maximum absolute atomic E-state index is 12.8. The van der Waals surface area contributed by atoms with E-state index in [-0.39, 0.29) is 36.7 Å². The SMILES string of the molecule is CC(C)C=C(C#N)C(=O)N(C)c1cccc(C[C@H](NCC(F)(F)F)C(=O)NC[C@H](C)CCB(O)O)c1. The molecule has 8 nitrogen and oxygen atoms in total. The highest BCUT2D eigenvalue weighted by atomic mass is 19.4. The fourth-order valence-electron chi connectivity index (χ4n) is 3.35. The summed E-state index contributed by atoms with van der Waals surface area (Å²) in [6.07, 6.45) is -2.52. The first-order valence-electron chi connectivity index (χ1n) is 11.7. The van der Waals surface area contributed by atoms with Gasteiger partial charge in [-0.15, -0.1) is 0 Å². The van der Waals surface area contributed by atoms with Crippen molar-refractivity contribution in [2.45, 2.75) is 52.2 Å². The highest BCUT2D eigenvalue weighted by molar-refractivity contribution is 6.40. The number of likely N-dealkylation sites (N-methyl/N-ethyl adjacent to an activating group) is 1. The molecule has 0 aliphatic carbocycles. The van der Waals surface area contributed by atoms with Crippen molar-refractivity contribution in [3.05, 3.63) is 41.5 Å². The number of nitrogens with one attached hydrogen (secondary N) is 2. The zero-order valence-corrected chi connectivity index (χ0v) is 21.0. The number of hydrogen-bond donors (Lipinski definition) is 4. The van der Waals surface area contributed by atoms with Gasteiger partial charge in [-0.3, -0.25) is 14.9 Å². The lowest BCUT2D eigenvalue weighted by molar-refractivity contribution is -0.132. The number of rotatable bonds is 13. The van der Waals surface area contributed by atoms with Gasteiger partial charge in [0, 0.05) is 19.3 Å². The molecule has 2 amide bonds. The van der Waals surface area contributed by atoms with Crippen LogP contribution in [0.5, 0.6) is 0 Å². The Bertz CT molecular complexity index is 948. The standard InChI is InChI=1S/C24H34BF3N4O4/c1-16(2)10-19(13-29)23(34)32(4)20-7-5-6-18(11-20)12-21(31-15-24(26,27)28)22(33)30-14-17(3)8-9-25(35)36/h5-7,10-11,16-17,21,31,35-36H,8-9,12,14-15H2,1-4H3,(H,30,33)/t17-,21+/m1/s1. The molecule has 36 heavy (non-hydrogen) atoms. The van der Waals surface area contributed by atoms with E-state index in [1.165, 1.54) is 11.9 Å². The van der Waals surface area contributed by atoms with Crippen LogP contribution in [0.2, 0.25) is 6.32 Å². The predicted molar refractivity (Wildman–Crippen MR) is 132 cm³/mol. The minimum Gasteiger partial charge on any atom is -0.427 e. The van der Waals surface area contributed by atoms with Gasteiger partial charge in [0.2, 0.25) is 5.91 Å². The summed E-state index contributed by atoms with van der Waals surface area (Å²) < 4.78 is 38.5. The van der Waals surface area contributed by atoms with Crippen molar-refractivity contribution in [2.24, 2.45) is 11.8 Å². The normalized spacial score (nSPS) is 13.6. The van der Waals surface area contributed by atoms with Crippen LogP contribution < -0.4 is 15.5 Å². The monoisotopic (exact) mass is 510 g/mol. The molecule has 198 valence electrons. The van der Waals surface area contributed by atoms with Crippen molar-refractivity contribution in [1.29, 1.82) is 5.26 Å². The smallest absolute Gasteiger partial charge is 0.427 e. The molecule has 1 rings (SSSR count). The molecule has 12 heteroatoms. The van der Waals surface area contributed by atoms with Crippen molar-refractivity contribution in [3.8, 4) is 6.07 Å². The van der Waals surface area contributed by atoms with Gasteiger partial charge in [-0.05, 0) is 42.3 Å². The first-order chi connectivity index (χ1) is 16.7.